The summed E-state index contributed by atoms with van der Waals surface area (Å²) in [5.41, 5.74) is 2.22. The summed E-state index contributed by atoms with van der Waals surface area (Å²) in [5, 5.41) is 19.6. The second kappa shape index (κ2) is 7.07. The Morgan fingerprint density at radius 2 is 2.04 bits per heavy atom. The van der Waals surface area contributed by atoms with Gasteiger partial charge in [0, 0.05) is 19.0 Å². The van der Waals surface area contributed by atoms with E-state index in [0.717, 1.165) is 37.8 Å². The lowest BCUT2D eigenvalue weighted by atomic mass is 9.60. The monoisotopic (exact) mass is 386 g/mol. The van der Waals surface area contributed by atoms with Crippen LogP contribution in [0.5, 0.6) is 5.75 Å². The SMILES string of the molecule is CN1CCC[C@]2(C)c3cc(O)ccc3CC1[C@@H]2CC(=O)N1CCC[C@H]1C(=O)O. The third kappa shape index (κ3) is 3.08. The number of aliphatic carboxylic acids is 1. The molecule has 2 aliphatic heterocycles. The minimum Gasteiger partial charge on any atom is -0.508 e. The fourth-order valence-electron chi connectivity index (χ4n) is 5.90. The second-order valence-corrected chi connectivity index (χ2v) is 9.01. The van der Waals surface area contributed by atoms with Crippen LogP contribution in [0.3, 0.4) is 0 Å². The zero-order valence-corrected chi connectivity index (χ0v) is 16.7. The Bertz CT molecular complexity index is 795. The highest BCUT2D eigenvalue weighted by molar-refractivity contribution is 5.84. The fraction of sp³-hybridized carbons (Fsp3) is 0.636. The number of fused-ring (bicyclic) bond motifs is 4. The van der Waals surface area contributed by atoms with Gasteiger partial charge in [0.25, 0.3) is 0 Å². The molecule has 152 valence electrons. The van der Waals surface area contributed by atoms with Crippen LogP contribution in [0, 0.1) is 5.92 Å². The van der Waals surface area contributed by atoms with E-state index in [9.17, 15) is 19.8 Å². The van der Waals surface area contributed by atoms with Crippen LogP contribution in [0.1, 0.15) is 50.2 Å². The lowest BCUT2D eigenvalue weighted by Crippen LogP contribution is -2.52. The van der Waals surface area contributed by atoms with Crippen molar-refractivity contribution in [3.8, 4) is 5.75 Å². The summed E-state index contributed by atoms with van der Waals surface area (Å²) in [6, 6.07) is 5.22. The van der Waals surface area contributed by atoms with Crippen molar-refractivity contribution in [3.63, 3.8) is 0 Å². The fourth-order valence-corrected chi connectivity index (χ4v) is 5.90. The van der Waals surface area contributed by atoms with Gasteiger partial charge in [-0.1, -0.05) is 13.0 Å². The van der Waals surface area contributed by atoms with Gasteiger partial charge >= 0.3 is 5.97 Å². The van der Waals surface area contributed by atoms with E-state index < -0.39 is 12.0 Å². The van der Waals surface area contributed by atoms with Crippen LogP contribution in [-0.2, 0) is 21.4 Å². The van der Waals surface area contributed by atoms with Gasteiger partial charge in [-0.15, -0.1) is 0 Å². The Morgan fingerprint density at radius 1 is 1.25 bits per heavy atom. The standard InChI is InChI=1S/C22H30N2O4/c1-22-8-4-9-23(2)19(11-14-6-7-15(25)12-16(14)22)17(22)13-20(26)24-10-3-5-18(24)21(27)28/h6-7,12,17-19,25H,3-5,8-11,13H2,1-2H3,(H,27,28)/t17-,18-,19?,22+/m0/s1. The molecule has 2 bridgehead atoms. The summed E-state index contributed by atoms with van der Waals surface area (Å²) in [6.45, 7) is 3.76. The Kier molecular flexibility index (Phi) is 4.86. The quantitative estimate of drug-likeness (QED) is 0.834. The number of likely N-dealkylation sites (tertiary alicyclic amines) is 2. The number of phenolic OH excluding ortho intramolecular Hbond substituents is 1. The van der Waals surface area contributed by atoms with Crippen molar-refractivity contribution in [2.45, 2.75) is 62.9 Å². The predicted octanol–water partition coefficient (Wildman–Crippen LogP) is 2.38. The molecule has 1 aliphatic carbocycles. The number of aromatic hydroxyl groups is 1. The van der Waals surface area contributed by atoms with E-state index in [4.69, 9.17) is 0 Å². The third-order valence-corrected chi connectivity index (χ3v) is 7.45. The van der Waals surface area contributed by atoms with E-state index in [0.29, 0.717) is 19.4 Å². The minimum absolute atomic E-state index is 0.0370. The molecular formula is C22H30N2O4. The topological polar surface area (TPSA) is 81.1 Å². The van der Waals surface area contributed by atoms with Gasteiger partial charge in [0.1, 0.15) is 11.8 Å². The molecule has 0 aromatic heterocycles. The molecule has 1 aromatic rings. The van der Waals surface area contributed by atoms with E-state index in [1.165, 1.54) is 5.56 Å². The van der Waals surface area contributed by atoms with Gasteiger partial charge < -0.3 is 20.0 Å². The molecule has 6 nitrogen and oxygen atoms in total. The summed E-state index contributed by atoms with van der Waals surface area (Å²) in [5.74, 6) is -0.557. The molecule has 4 rings (SSSR count). The molecular weight excluding hydrogens is 356 g/mol. The number of benzene rings is 1. The highest BCUT2D eigenvalue weighted by Crippen LogP contribution is 2.50. The molecule has 2 heterocycles. The third-order valence-electron chi connectivity index (χ3n) is 7.45. The van der Waals surface area contributed by atoms with Crippen molar-refractivity contribution < 1.29 is 19.8 Å². The number of carbonyl (C=O) groups is 2. The number of amides is 1. The zero-order valence-electron chi connectivity index (χ0n) is 16.7. The first-order valence-corrected chi connectivity index (χ1v) is 10.4. The average Bonchev–Trinajstić information content (AvgIpc) is 3.12. The van der Waals surface area contributed by atoms with Crippen LogP contribution in [0.15, 0.2) is 18.2 Å². The number of rotatable bonds is 3. The maximum absolute atomic E-state index is 13.2. The number of hydrogen-bond acceptors (Lipinski definition) is 4. The summed E-state index contributed by atoms with van der Waals surface area (Å²) < 4.78 is 0. The molecule has 2 saturated heterocycles. The van der Waals surface area contributed by atoms with Crippen LogP contribution in [0.2, 0.25) is 0 Å². The molecule has 1 aromatic carbocycles. The normalized spacial score (nSPS) is 32.6. The predicted molar refractivity (Wildman–Crippen MR) is 105 cm³/mol. The van der Waals surface area contributed by atoms with Gasteiger partial charge in [0.15, 0.2) is 0 Å². The summed E-state index contributed by atoms with van der Waals surface area (Å²) in [7, 11) is 2.13. The Balaban J connectivity index is 1.68. The van der Waals surface area contributed by atoms with Gasteiger partial charge in [-0.2, -0.15) is 0 Å². The first-order chi connectivity index (χ1) is 13.3. The van der Waals surface area contributed by atoms with Crippen LogP contribution >= 0.6 is 0 Å². The van der Waals surface area contributed by atoms with E-state index in [1.807, 2.05) is 12.1 Å². The lowest BCUT2D eigenvalue weighted by Gasteiger charge is -2.48. The number of carboxylic acid groups (broad SMARTS) is 1. The Hall–Kier alpha value is -2.08. The van der Waals surface area contributed by atoms with E-state index >= 15 is 0 Å². The molecule has 0 saturated carbocycles. The van der Waals surface area contributed by atoms with Gasteiger partial charge in [-0.3, -0.25) is 4.79 Å². The van der Waals surface area contributed by atoms with E-state index in [1.54, 1.807) is 11.0 Å². The Labute approximate surface area is 166 Å². The van der Waals surface area contributed by atoms with Crippen molar-refractivity contribution in [1.29, 1.82) is 0 Å². The lowest BCUT2D eigenvalue weighted by molar-refractivity contribution is -0.149. The number of phenols is 1. The molecule has 3 aliphatic rings. The number of carboxylic acids is 1. The molecule has 1 amide bonds. The molecule has 6 heteroatoms. The first kappa shape index (κ1) is 19.2. The summed E-state index contributed by atoms with van der Waals surface area (Å²) >= 11 is 0. The van der Waals surface area contributed by atoms with E-state index in [2.05, 4.69) is 18.9 Å². The van der Waals surface area contributed by atoms with Crippen LogP contribution in [0.25, 0.3) is 0 Å². The van der Waals surface area contributed by atoms with Gasteiger partial charge in [-0.25, -0.2) is 4.79 Å². The first-order valence-electron chi connectivity index (χ1n) is 10.4. The average molecular weight is 386 g/mol. The number of nitrogens with zero attached hydrogens (tertiary/aromatic N) is 2. The smallest absolute Gasteiger partial charge is 0.326 e. The zero-order chi connectivity index (χ0) is 20.1. The largest absolute Gasteiger partial charge is 0.508 e. The maximum atomic E-state index is 13.2. The Morgan fingerprint density at radius 3 is 2.79 bits per heavy atom. The highest BCUT2D eigenvalue weighted by atomic mass is 16.4. The minimum atomic E-state index is -0.898. The highest BCUT2D eigenvalue weighted by Gasteiger charge is 2.49. The van der Waals surface area contributed by atoms with Crippen LogP contribution in [-0.4, -0.2) is 64.1 Å². The van der Waals surface area contributed by atoms with Crippen molar-refractivity contribution in [2.75, 3.05) is 20.1 Å². The summed E-state index contributed by atoms with van der Waals surface area (Å²) in [6.07, 6.45) is 4.54. The van der Waals surface area contributed by atoms with Crippen molar-refractivity contribution in [3.05, 3.63) is 29.3 Å². The van der Waals surface area contributed by atoms with Crippen LogP contribution in [0.4, 0.5) is 0 Å². The van der Waals surface area contributed by atoms with Crippen molar-refractivity contribution in [1.82, 2.24) is 9.80 Å². The van der Waals surface area contributed by atoms with E-state index in [-0.39, 0.29) is 29.0 Å². The maximum Gasteiger partial charge on any atom is 0.326 e. The van der Waals surface area contributed by atoms with Gasteiger partial charge in [0.05, 0.1) is 0 Å². The summed E-state index contributed by atoms with van der Waals surface area (Å²) in [4.78, 5) is 28.7. The molecule has 4 atom stereocenters. The molecule has 0 spiro atoms. The number of likely N-dealkylation sites (N-methyl/N-ethyl adjacent to an activating group) is 1. The molecule has 28 heavy (non-hydrogen) atoms. The van der Waals surface area contributed by atoms with Crippen molar-refractivity contribution >= 4 is 11.9 Å². The van der Waals surface area contributed by atoms with Crippen LogP contribution < -0.4 is 0 Å². The van der Waals surface area contributed by atoms with Gasteiger partial charge in [0.2, 0.25) is 5.91 Å². The molecule has 0 radical (unpaired) electrons. The van der Waals surface area contributed by atoms with Gasteiger partial charge in [-0.05, 0) is 80.3 Å². The molecule has 1 unspecified atom stereocenters. The molecule has 2 fully saturated rings. The number of carbonyl (C=O) groups excluding carboxylic acids is 1. The van der Waals surface area contributed by atoms with Crippen molar-refractivity contribution in [2.24, 2.45) is 5.92 Å². The number of hydrogen-bond donors (Lipinski definition) is 2. The molecule has 2 N–H and O–H groups in total. The second-order valence-electron chi connectivity index (χ2n) is 9.01.